The molecule has 1 aliphatic carbocycles. The van der Waals surface area contributed by atoms with E-state index in [2.05, 4.69) is 40.5 Å². The third-order valence-corrected chi connectivity index (χ3v) is 8.79. The fourth-order valence-corrected chi connectivity index (χ4v) is 6.35. The van der Waals surface area contributed by atoms with E-state index in [4.69, 9.17) is 31.7 Å². The van der Waals surface area contributed by atoms with E-state index in [0.717, 1.165) is 61.7 Å². The highest BCUT2D eigenvalue weighted by Gasteiger charge is 2.40. The molecule has 11 heteroatoms. The van der Waals surface area contributed by atoms with Crippen LogP contribution in [0.25, 0.3) is 22.4 Å². The Morgan fingerprint density at radius 3 is 2.62 bits per heavy atom. The second-order valence-corrected chi connectivity index (χ2v) is 12.1. The van der Waals surface area contributed by atoms with Crippen LogP contribution in [0.1, 0.15) is 65.1 Å². The second-order valence-electron chi connectivity index (χ2n) is 11.7. The molecule has 1 saturated heterocycles. The number of imidazole rings is 1. The van der Waals surface area contributed by atoms with Crippen molar-refractivity contribution in [3.05, 3.63) is 35.1 Å². The van der Waals surface area contributed by atoms with Gasteiger partial charge in [0.2, 0.25) is 5.95 Å². The minimum Gasteiger partial charge on any atom is -0.465 e. The lowest BCUT2D eigenvalue weighted by Crippen LogP contribution is -2.48. The Hall–Kier alpha value is -3.24. The van der Waals surface area contributed by atoms with Crippen LogP contribution >= 0.6 is 11.6 Å². The molecule has 3 aromatic rings. The number of ether oxygens (including phenoxy) is 1. The van der Waals surface area contributed by atoms with Crippen molar-refractivity contribution < 1.29 is 14.6 Å². The summed E-state index contributed by atoms with van der Waals surface area (Å²) >= 11 is 6.40. The van der Waals surface area contributed by atoms with Gasteiger partial charge in [0.05, 0.1) is 11.6 Å². The van der Waals surface area contributed by atoms with Crippen LogP contribution in [0.5, 0.6) is 0 Å². The molecule has 2 aliphatic rings. The number of rotatable bonds is 7. The van der Waals surface area contributed by atoms with E-state index in [1.807, 2.05) is 18.2 Å². The first-order valence-corrected chi connectivity index (χ1v) is 14.4. The minimum absolute atomic E-state index is 0.0391. The number of carboxylic acid groups (broad SMARTS) is 1. The van der Waals surface area contributed by atoms with Gasteiger partial charge in [0.25, 0.3) is 0 Å². The zero-order valence-electron chi connectivity index (χ0n) is 23.6. The highest BCUT2D eigenvalue weighted by atomic mass is 35.5. The SMILES string of the molecule is COC(C)(C)C1CCCN1c1nc2nc(C(=N)NC(=O)O)nc(-c3cccc(Cl)c3)c2n1C[C@H]1CC[C@H](C)CC1. The van der Waals surface area contributed by atoms with Crippen LogP contribution in [-0.4, -0.2) is 61.9 Å². The molecule has 0 bridgehead atoms. The number of methoxy groups -OCH3 is 1. The maximum Gasteiger partial charge on any atom is 0.410 e. The first kappa shape index (κ1) is 28.3. The van der Waals surface area contributed by atoms with Crippen molar-refractivity contribution in [1.29, 1.82) is 5.41 Å². The van der Waals surface area contributed by atoms with Crippen LogP contribution in [0.3, 0.4) is 0 Å². The zero-order valence-corrected chi connectivity index (χ0v) is 24.3. The van der Waals surface area contributed by atoms with Crippen molar-refractivity contribution >= 4 is 40.6 Å². The van der Waals surface area contributed by atoms with Crippen molar-refractivity contribution in [3.63, 3.8) is 0 Å². The first-order valence-electron chi connectivity index (χ1n) is 14.0. The summed E-state index contributed by atoms with van der Waals surface area (Å²) in [5, 5.41) is 20.2. The summed E-state index contributed by atoms with van der Waals surface area (Å²) in [7, 11) is 1.75. The fourth-order valence-electron chi connectivity index (χ4n) is 6.16. The van der Waals surface area contributed by atoms with Crippen molar-refractivity contribution in [1.82, 2.24) is 24.8 Å². The van der Waals surface area contributed by atoms with Gasteiger partial charge in [-0.15, -0.1) is 0 Å². The number of hydrogen-bond donors (Lipinski definition) is 3. The Bertz CT molecular complexity index is 1410. The largest absolute Gasteiger partial charge is 0.465 e. The second kappa shape index (κ2) is 11.3. The number of nitrogens with one attached hydrogen (secondary N) is 2. The van der Waals surface area contributed by atoms with Crippen LogP contribution in [0.15, 0.2) is 24.3 Å². The molecule has 5 rings (SSSR count). The molecule has 3 heterocycles. The van der Waals surface area contributed by atoms with Crippen LogP contribution in [0, 0.1) is 17.2 Å². The Kier molecular flexibility index (Phi) is 8.01. The summed E-state index contributed by atoms with van der Waals surface area (Å²) in [6.45, 7) is 8.16. The molecular weight excluding hydrogens is 530 g/mol. The monoisotopic (exact) mass is 567 g/mol. The number of nitrogens with zero attached hydrogens (tertiary/aromatic N) is 5. The van der Waals surface area contributed by atoms with Gasteiger partial charge in [-0.1, -0.05) is 43.5 Å². The molecule has 1 aliphatic heterocycles. The topological polar surface area (TPSA) is 129 Å². The molecule has 0 spiro atoms. The summed E-state index contributed by atoms with van der Waals surface area (Å²) in [4.78, 5) is 28.1. The molecule has 0 radical (unpaired) electrons. The van der Waals surface area contributed by atoms with Crippen LogP contribution in [0.2, 0.25) is 5.02 Å². The van der Waals surface area contributed by atoms with E-state index in [1.54, 1.807) is 13.2 Å². The predicted octanol–water partition coefficient (Wildman–Crippen LogP) is 5.96. The van der Waals surface area contributed by atoms with Crippen molar-refractivity contribution in [2.24, 2.45) is 11.8 Å². The molecule has 2 aromatic heterocycles. The number of halogens is 1. The molecule has 214 valence electrons. The lowest BCUT2D eigenvalue weighted by atomic mass is 9.83. The normalized spacial score (nSPS) is 21.6. The van der Waals surface area contributed by atoms with E-state index < -0.39 is 11.9 Å². The summed E-state index contributed by atoms with van der Waals surface area (Å²) in [5.74, 6) is 1.59. The maximum atomic E-state index is 11.3. The van der Waals surface area contributed by atoms with E-state index >= 15 is 0 Å². The third-order valence-electron chi connectivity index (χ3n) is 8.55. The molecule has 2 fully saturated rings. The Morgan fingerprint density at radius 1 is 1.20 bits per heavy atom. The molecule has 1 amide bonds. The first-order chi connectivity index (χ1) is 19.1. The summed E-state index contributed by atoms with van der Waals surface area (Å²) in [5.41, 5.74) is 2.13. The van der Waals surface area contributed by atoms with Crippen LogP contribution < -0.4 is 10.2 Å². The van der Waals surface area contributed by atoms with Crippen LogP contribution in [-0.2, 0) is 11.3 Å². The number of aromatic nitrogens is 4. The summed E-state index contributed by atoms with van der Waals surface area (Å²) < 4.78 is 8.19. The highest BCUT2D eigenvalue weighted by Crippen LogP contribution is 2.39. The van der Waals surface area contributed by atoms with E-state index in [1.165, 1.54) is 12.8 Å². The lowest BCUT2D eigenvalue weighted by molar-refractivity contribution is 0.00151. The van der Waals surface area contributed by atoms with Gasteiger partial charge >= 0.3 is 6.09 Å². The number of amidine groups is 1. The molecule has 1 saturated carbocycles. The quantitative estimate of drug-likeness (QED) is 0.237. The van der Waals surface area contributed by atoms with Gasteiger partial charge < -0.3 is 19.3 Å². The molecule has 3 N–H and O–H groups in total. The predicted molar refractivity (Wildman–Crippen MR) is 156 cm³/mol. The lowest BCUT2D eigenvalue weighted by Gasteiger charge is -2.37. The Morgan fingerprint density at radius 2 is 1.95 bits per heavy atom. The van der Waals surface area contributed by atoms with Gasteiger partial charge in [0.15, 0.2) is 17.3 Å². The van der Waals surface area contributed by atoms with Gasteiger partial charge in [0, 0.05) is 30.8 Å². The van der Waals surface area contributed by atoms with Crippen molar-refractivity contribution in [3.8, 4) is 11.3 Å². The Balaban J connectivity index is 1.73. The number of fused-ring (bicyclic) bond motifs is 1. The summed E-state index contributed by atoms with van der Waals surface area (Å²) in [6, 6.07) is 7.51. The smallest absolute Gasteiger partial charge is 0.410 e. The number of anilines is 1. The van der Waals surface area contributed by atoms with Crippen LogP contribution in [0.4, 0.5) is 10.7 Å². The van der Waals surface area contributed by atoms with Gasteiger partial charge in [-0.05, 0) is 63.5 Å². The van der Waals surface area contributed by atoms with E-state index in [0.29, 0.717) is 22.3 Å². The standard InChI is InChI=1S/C29H38ClN7O3/c1-17-10-12-18(13-11-17)16-37-23-22(19-7-5-8-20(30)15-19)32-26(24(31)33-28(38)39)34-25(23)35-27(37)36-14-6-9-21(36)29(2,3)40-4/h5,7-8,15,17-18,21H,6,9-14,16H2,1-4H3,(H2,31,33)(H,38,39)/t17-,18-,21?. The van der Waals surface area contributed by atoms with Gasteiger partial charge in [0.1, 0.15) is 11.2 Å². The third kappa shape index (κ3) is 5.65. The molecule has 1 unspecified atom stereocenters. The maximum absolute atomic E-state index is 11.3. The van der Waals surface area contributed by atoms with Gasteiger partial charge in [-0.25, -0.2) is 14.8 Å². The van der Waals surface area contributed by atoms with E-state index in [9.17, 15) is 9.90 Å². The Labute approximate surface area is 239 Å². The molecule has 1 atom stereocenters. The fraction of sp³-hybridized carbons (Fsp3) is 0.552. The number of amides is 1. The van der Waals surface area contributed by atoms with Gasteiger partial charge in [-0.3, -0.25) is 10.7 Å². The molecule has 10 nitrogen and oxygen atoms in total. The van der Waals surface area contributed by atoms with Crippen molar-refractivity contribution in [2.45, 2.75) is 77.5 Å². The number of hydrogen-bond acceptors (Lipinski definition) is 7. The van der Waals surface area contributed by atoms with Gasteiger partial charge in [-0.2, -0.15) is 4.98 Å². The van der Waals surface area contributed by atoms with Crippen molar-refractivity contribution in [2.75, 3.05) is 18.6 Å². The van der Waals surface area contributed by atoms with E-state index in [-0.39, 0.29) is 17.5 Å². The number of carbonyl (C=O) groups is 1. The summed E-state index contributed by atoms with van der Waals surface area (Å²) in [6.07, 6.45) is 5.35. The minimum atomic E-state index is -1.35. The number of benzene rings is 1. The molecule has 1 aromatic carbocycles. The zero-order chi connectivity index (χ0) is 28.6. The molecular formula is C29H38ClN7O3. The average molecular weight is 568 g/mol. The average Bonchev–Trinajstić information content (AvgIpc) is 3.55. The highest BCUT2D eigenvalue weighted by molar-refractivity contribution is 6.30. The molecule has 40 heavy (non-hydrogen) atoms.